The highest BCUT2D eigenvalue weighted by Crippen LogP contribution is 2.29. The van der Waals surface area contributed by atoms with Crippen LogP contribution in [0.2, 0.25) is 0 Å². The molecular weight excluding hydrogens is 404 g/mol. The van der Waals surface area contributed by atoms with Crippen molar-refractivity contribution in [2.45, 2.75) is 37.0 Å². The predicted octanol–water partition coefficient (Wildman–Crippen LogP) is 3.45. The van der Waals surface area contributed by atoms with Gasteiger partial charge in [0.1, 0.15) is 0 Å². The number of methoxy groups -OCH3 is 1. The summed E-state index contributed by atoms with van der Waals surface area (Å²) in [6, 6.07) is 10.6. The molecule has 9 heteroatoms. The number of rotatable bonds is 9. The molecule has 1 amide bonds. The second-order valence-electron chi connectivity index (χ2n) is 6.46. The molecule has 2 aromatic rings. The molecule has 158 valence electrons. The van der Waals surface area contributed by atoms with Crippen LogP contribution in [0.15, 0.2) is 47.4 Å². The van der Waals surface area contributed by atoms with E-state index in [2.05, 4.69) is 10.1 Å². The average Bonchev–Trinajstić information content (AvgIpc) is 2.67. The van der Waals surface area contributed by atoms with Gasteiger partial charge in [-0.25, -0.2) is 8.42 Å². The van der Waals surface area contributed by atoms with Gasteiger partial charge >= 0.3 is 6.61 Å². The molecule has 0 aliphatic heterocycles. The van der Waals surface area contributed by atoms with Crippen LogP contribution < -0.4 is 14.8 Å². The SMILES string of the molecule is COc1ccc(CCNC(=O)c2ccccc2S(=O)(=O)C(C)C)cc1OC(F)F. The fourth-order valence-electron chi connectivity index (χ4n) is 2.64. The molecule has 0 heterocycles. The maximum atomic E-state index is 12.5. The number of hydrogen-bond donors (Lipinski definition) is 1. The first-order chi connectivity index (χ1) is 13.7. The summed E-state index contributed by atoms with van der Waals surface area (Å²) in [5.74, 6) is -0.451. The number of nitrogens with one attached hydrogen (secondary N) is 1. The van der Waals surface area contributed by atoms with Gasteiger partial charge in [0.25, 0.3) is 5.91 Å². The molecule has 6 nitrogen and oxygen atoms in total. The Morgan fingerprint density at radius 1 is 1.10 bits per heavy atom. The van der Waals surface area contributed by atoms with Crippen molar-refractivity contribution in [1.29, 1.82) is 0 Å². The fraction of sp³-hybridized carbons (Fsp3) is 0.350. The Balaban J connectivity index is 2.10. The van der Waals surface area contributed by atoms with Gasteiger partial charge in [-0.3, -0.25) is 4.79 Å². The number of halogens is 2. The van der Waals surface area contributed by atoms with Crippen LogP contribution in [0.4, 0.5) is 8.78 Å². The normalized spacial score (nSPS) is 11.6. The minimum atomic E-state index is -3.62. The number of ether oxygens (including phenoxy) is 2. The van der Waals surface area contributed by atoms with Gasteiger partial charge in [-0.2, -0.15) is 8.78 Å². The standard InChI is InChI=1S/C20H23F2NO5S/c1-13(2)29(25,26)18-7-5-4-6-15(18)19(24)23-11-10-14-8-9-16(27-3)17(12-14)28-20(21)22/h4-9,12-13,20H,10-11H2,1-3H3,(H,23,24). The minimum absolute atomic E-state index is 0.0235. The van der Waals surface area contributed by atoms with Gasteiger partial charge in [0.2, 0.25) is 0 Å². The number of benzene rings is 2. The summed E-state index contributed by atoms with van der Waals surface area (Å²) in [6.07, 6.45) is 0.328. The molecule has 0 saturated carbocycles. The van der Waals surface area contributed by atoms with Gasteiger partial charge in [-0.05, 0) is 50.1 Å². The smallest absolute Gasteiger partial charge is 0.387 e. The van der Waals surface area contributed by atoms with Crippen LogP contribution in [-0.4, -0.2) is 39.8 Å². The fourth-order valence-corrected chi connectivity index (χ4v) is 3.88. The Hall–Kier alpha value is -2.68. The van der Waals surface area contributed by atoms with Crippen molar-refractivity contribution in [1.82, 2.24) is 5.32 Å². The van der Waals surface area contributed by atoms with Gasteiger partial charge < -0.3 is 14.8 Å². The van der Waals surface area contributed by atoms with E-state index >= 15 is 0 Å². The summed E-state index contributed by atoms with van der Waals surface area (Å²) in [5, 5.41) is 2.00. The molecule has 0 spiro atoms. The molecule has 0 aromatic heterocycles. The molecule has 0 saturated heterocycles. The van der Waals surface area contributed by atoms with Crippen LogP contribution in [0, 0.1) is 0 Å². The molecule has 0 aliphatic carbocycles. The number of sulfone groups is 1. The topological polar surface area (TPSA) is 81.7 Å². The molecule has 0 bridgehead atoms. The highest BCUT2D eigenvalue weighted by atomic mass is 32.2. The van der Waals surface area contributed by atoms with Crippen molar-refractivity contribution in [2.75, 3.05) is 13.7 Å². The molecule has 2 rings (SSSR count). The van der Waals surface area contributed by atoms with Crippen molar-refractivity contribution in [3.63, 3.8) is 0 Å². The van der Waals surface area contributed by atoms with Crippen LogP contribution >= 0.6 is 0 Å². The average molecular weight is 427 g/mol. The lowest BCUT2D eigenvalue weighted by Gasteiger charge is -2.14. The highest BCUT2D eigenvalue weighted by Gasteiger charge is 2.25. The number of amides is 1. The van der Waals surface area contributed by atoms with Gasteiger partial charge in [0.05, 0.1) is 22.8 Å². The van der Waals surface area contributed by atoms with Crippen molar-refractivity contribution >= 4 is 15.7 Å². The molecule has 0 radical (unpaired) electrons. The maximum Gasteiger partial charge on any atom is 0.387 e. The molecule has 0 atom stereocenters. The Bertz CT molecular complexity index is 961. The van der Waals surface area contributed by atoms with E-state index in [1.54, 1.807) is 32.0 Å². The van der Waals surface area contributed by atoms with Crippen LogP contribution in [0.25, 0.3) is 0 Å². The maximum absolute atomic E-state index is 12.5. The summed E-state index contributed by atoms with van der Waals surface area (Å²) in [5.41, 5.74) is 0.711. The summed E-state index contributed by atoms with van der Waals surface area (Å²) in [6.45, 7) is 0.285. The van der Waals surface area contributed by atoms with Crippen molar-refractivity contribution in [3.05, 3.63) is 53.6 Å². The lowest BCUT2D eigenvalue weighted by molar-refractivity contribution is -0.0512. The van der Waals surface area contributed by atoms with Crippen molar-refractivity contribution < 1.29 is 31.5 Å². The zero-order valence-electron chi connectivity index (χ0n) is 16.3. The highest BCUT2D eigenvalue weighted by molar-refractivity contribution is 7.92. The second-order valence-corrected chi connectivity index (χ2v) is 8.93. The zero-order chi connectivity index (χ0) is 21.6. The van der Waals surface area contributed by atoms with Crippen LogP contribution in [0.3, 0.4) is 0 Å². The zero-order valence-corrected chi connectivity index (χ0v) is 17.1. The van der Waals surface area contributed by atoms with Gasteiger partial charge in [-0.1, -0.05) is 18.2 Å². The Labute approximate surface area is 168 Å². The summed E-state index contributed by atoms with van der Waals surface area (Å²) in [7, 11) is -2.27. The third-order valence-corrected chi connectivity index (χ3v) is 6.41. The van der Waals surface area contributed by atoms with E-state index in [1.807, 2.05) is 0 Å². The summed E-state index contributed by atoms with van der Waals surface area (Å²) >= 11 is 0. The summed E-state index contributed by atoms with van der Waals surface area (Å²) < 4.78 is 59.4. The minimum Gasteiger partial charge on any atom is -0.493 e. The monoisotopic (exact) mass is 427 g/mol. The van der Waals surface area contributed by atoms with E-state index in [0.717, 1.165) is 0 Å². The quantitative estimate of drug-likeness (QED) is 0.663. The van der Waals surface area contributed by atoms with Crippen LogP contribution in [0.1, 0.15) is 29.8 Å². The van der Waals surface area contributed by atoms with E-state index in [1.165, 1.54) is 31.4 Å². The van der Waals surface area contributed by atoms with E-state index in [-0.39, 0.29) is 28.5 Å². The van der Waals surface area contributed by atoms with Gasteiger partial charge in [0.15, 0.2) is 21.3 Å². The van der Waals surface area contributed by atoms with E-state index in [9.17, 15) is 22.0 Å². The lowest BCUT2D eigenvalue weighted by atomic mass is 10.1. The summed E-state index contributed by atoms with van der Waals surface area (Å²) in [4.78, 5) is 12.5. The van der Waals surface area contributed by atoms with Crippen molar-refractivity contribution in [3.8, 4) is 11.5 Å². The van der Waals surface area contributed by atoms with Crippen LogP contribution in [-0.2, 0) is 16.3 Å². The van der Waals surface area contributed by atoms with Gasteiger partial charge in [0, 0.05) is 6.54 Å². The van der Waals surface area contributed by atoms with Crippen molar-refractivity contribution in [2.24, 2.45) is 0 Å². The van der Waals surface area contributed by atoms with E-state index in [4.69, 9.17) is 4.74 Å². The van der Waals surface area contributed by atoms with E-state index in [0.29, 0.717) is 12.0 Å². The number of hydrogen-bond acceptors (Lipinski definition) is 5. The third-order valence-electron chi connectivity index (χ3n) is 4.20. The lowest BCUT2D eigenvalue weighted by Crippen LogP contribution is -2.28. The Morgan fingerprint density at radius 2 is 1.79 bits per heavy atom. The van der Waals surface area contributed by atoms with Gasteiger partial charge in [-0.15, -0.1) is 0 Å². The first kappa shape index (κ1) is 22.6. The number of carbonyl (C=O) groups excluding carboxylic acids is 1. The Kier molecular flexibility index (Phi) is 7.55. The number of carbonyl (C=O) groups is 1. The molecule has 0 unspecified atom stereocenters. The second kappa shape index (κ2) is 9.69. The first-order valence-corrected chi connectivity index (χ1v) is 10.4. The predicted molar refractivity (Wildman–Crippen MR) is 104 cm³/mol. The molecule has 29 heavy (non-hydrogen) atoms. The molecular formula is C20H23F2NO5S. The Morgan fingerprint density at radius 3 is 2.41 bits per heavy atom. The third kappa shape index (κ3) is 5.66. The molecule has 1 N–H and O–H groups in total. The largest absolute Gasteiger partial charge is 0.493 e. The molecule has 0 fully saturated rings. The molecule has 0 aliphatic rings. The molecule has 2 aromatic carbocycles. The number of alkyl halides is 2. The first-order valence-electron chi connectivity index (χ1n) is 8.89. The van der Waals surface area contributed by atoms with E-state index < -0.39 is 27.6 Å². The van der Waals surface area contributed by atoms with Crippen LogP contribution in [0.5, 0.6) is 11.5 Å².